The zero-order chi connectivity index (χ0) is 16.1. The monoisotopic (exact) mass is 308 g/mol. The highest BCUT2D eigenvalue weighted by Crippen LogP contribution is 2.23. The van der Waals surface area contributed by atoms with Gasteiger partial charge in [0.05, 0.1) is 11.2 Å². The molecule has 0 aliphatic carbocycles. The molecule has 0 aliphatic rings. The van der Waals surface area contributed by atoms with Crippen molar-refractivity contribution >= 4 is 28.4 Å². The molecule has 1 aromatic carbocycles. The highest BCUT2D eigenvalue weighted by atomic mass is 15.2. The average molecular weight is 308 g/mol. The lowest BCUT2D eigenvalue weighted by Gasteiger charge is -2.12. The number of rotatable bonds is 6. The molecular formula is C17H20N6. The molecule has 0 aliphatic heterocycles. The molecule has 0 fully saturated rings. The maximum atomic E-state index is 4.49. The summed E-state index contributed by atoms with van der Waals surface area (Å²) in [6.45, 7) is 1.78. The normalized spacial score (nSPS) is 10.9. The van der Waals surface area contributed by atoms with E-state index >= 15 is 0 Å². The molecule has 6 nitrogen and oxygen atoms in total. The van der Waals surface area contributed by atoms with Gasteiger partial charge in [-0.05, 0) is 32.3 Å². The van der Waals surface area contributed by atoms with Gasteiger partial charge in [-0.2, -0.15) is 4.98 Å². The van der Waals surface area contributed by atoms with E-state index in [4.69, 9.17) is 0 Å². The van der Waals surface area contributed by atoms with E-state index in [9.17, 15) is 0 Å². The highest BCUT2D eigenvalue weighted by molar-refractivity contribution is 5.91. The summed E-state index contributed by atoms with van der Waals surface area (Å²) in [5, 5.41) is 7.62. The molecule has 6 heteroatoms. The Morgan fingerprint density at radius 2 is 1.87 bits per heavy atom. The quantitative estimate of drug-likeness (QED) is 0.730. The molecule has 23 heavy (non-hydrogen) atoms. The fourth-order valence-electron chi connectivity index (χ4n) is 2.25. The number of para-hydroxylation sites is 1. The first-order chi connectivity index (χ1) is 11.2. The number of anilines is 3. The molecular weight excluding hydrogens is 288 g/mol. The van der Waals surface area contributed by atoms with Crippen LogP contribution in [0.25, 0.3) is 10.9 Å². The van der Waals surface area contributed by atoms with E-state index in [2.05, 4.69) is 30.5 Å². The first-order valence-electron chi connectivity index (χ1n) is 7.55. The van der Waals surface area contributed by atoms with Crippen molar-refractivity contribution in [3.05, 3.63) is 48.8 Å². The summed E-state index contributed by atoms with van der Waals surface area (Å²) in [7, 11) is 4.09. The van der Waals surface area contributed by atoms with Crippen LogP contribution in [0, 0.1) is 0 Å². The van der Waals surface area contributed by atoms with Gasteiger partial charge in [-0.1, -0.05) is 18.2 Å². The van der Waals surface area contributed by atoms with Crippen LogP contribution in [0.5, 0.6) is 0 Å². The largest absolute Gasteiger partial charge is 0.369 e. The maximum absolute atomic E-state index is 4.49. The van der Waals surface area contributed by atoms with Gasteiger partial charge >= 0.3 is 0 Å². The highest BCUT2D eigenvalue weighted by Gasteiger charge is 2.04. The molecule has 2 N–H and O–H groups in total. The zero-order valence-electron chi connectivity index (χ0n) is 13.3. The first kappa shape index (κ1) is 15.2. The summed E-state index contributed by atoms with van der Waals surface area (Å²) < 4.78 is 0. The summed E-state index contributed by atoms with van der Waals surface area (Å²) in [6, 6.07) is 11.8. The van der Waals surface area contributed by atoms with Gasteiger partial charge in [-0.25, -0.2) is 4.98 Å². The van der Waals surface area contributed by atoms with Gasteiger partial charge in [-0.3, -0.25) is 4.98 Å². The average Bonchev–Trinajstić information content (AvgIpc) is 2.55. The Hall–Kier alpha value is -2.73. The molecule has 0 amide bonds. The van der Waals surface area contributed by atoms with E-state index in [1.165, 1.54) is 0 Å². The third-order valence-corrected chi connectivity index (χ3v) is 3.40. The minimum absolute atomic E-state index is 0.554. The molecule has 0 saturated carbocycles. The molecule has 0 bridgehead atoms. The summed E-state index contributed by atoms with van der Waals surface area (Å²) in [4.78, 5) is 15.3. The number of nitrogens with zero attached hydrogens (tertiary/aromatic N) is 4. The first-order valence-corrected chi connectivity index (χ1v) is 7.55. The van der Waals surface area contributed by atoms with Crippen LogP contribution in [0.3, 0.4) is 0 Å². The van der Waals surface area contributed by atoms with Gasteiger partial charge in [0.1, 0.15) is 5.82 Å². The molecule has 118 valence electrons. The Morgan fingerprint density at radius 1 is 1.00 bits per heavy atom. The van der Waals surface area contributed by atoms with E-state index < -0.39 is 0 Å². The van der Waals surface area contributed by atoms with Crippen molar-refractivity contribution in [2.45, 2.75) is 0 Å². The van der Waals surface area contributed by atoms with Gasteiger partial charge in [0.2, 0.25) is 5.95 Å². The minimum atomic E-state index is 0.554. The van der Waals surface area contributed by atoms with Crippen LogP contribution in [0.15, 0.2) is 48.8 Å². The number of likely N-dealkylation sites (N-methyl/N-ethyl adjacent to an activating group) is 1. The number of fused-ring (bicyclic) bond motifs is 1. The van der Waals surface area contributed by atoms with Gasteiger partial charge < -0.3 is 15.5 Å². The van der Waals surface area contributed by atoms with Crippen LogP contribution < -0.4 is 10.6 Å². The Bertz CT molecular complexity index is 781. The van der Waals surface area contributed by atoms with E-state index in [0.717, 1.165) is 35.5 Å². The minimum Gasteiger partial charge on any atom is -0.369 e. The standard InChI is InChI=1S/C17H20N6/c1-23(2)12-11-18-15-8-10-20-17(22-15)21-14-7-3-5-13-6-4-9-19-16(13)14/h3-10H,11-12H2,1-2H3,(H2,18,20,21,22). The number of pyridine rings is 1. The van der Waals surface area contributed by atoms with Gasteiger partial charge in [0.25, 0.3) is 0 Å². The lowest BCUT2D eigenvalue weighted by molar-refractivity contribution is 0.425. The topological polar surface area (TPSA) is 66.0 Å². The Morgan fingerprint density at radius 3 is 2.74 bits per heavy atom. The molecule has 2 aromatic heterocycles. The molecule has 0 atom stereocenters. The van der Waals surface area contributed by atoms with Gasteiger partial charge in [-0.15, -0.1) is 0 Å². The third kappa shape index (κ3) is 3.92. The van der Waals surface area contributed by atoms with E-state index in [-0.39, 0.29) is 0 Å². The maximum Gasteiger partial charge on any atom is 0.229 e. The number of nitrogens with one attached hydrogen (secondary N) is 2. The van der Waals surface area contributed by atoms with Crippen molar-refractivity contribution < 1.29 is 0 Å². The van der Waals surface area contributed by atoms with Gasteiger partial charge in [0.15, 0.2) is 0 Å². The second kappa shape index (κ2) is 7.02. The Balaban J connectivity index is 1.77. The molecule has 3 rings (SSSR count). The van der Waals surface area contributed by atoms with Crippen LogP contribution in [0.2, 0.25) is 0 Å². The Labute approximate surface area is 135 Å². The SMILES string of the molecule is CN(C)CCNc1ccnc(Nc2cccc3cccnc23)n1. The van der Waals surface area contributed by atoms with Crippen molar-refractivity contribution in [1.29, 1.82) is 0 Å². The molecule has 3 aromatic rings. The number of aromatic nitrogens is 3. The van der Waals surface area contributed by atoms with E-state index in [1.54, 1.807) is 12.4 Å². The van der Waals surface area contributed by atoms with Crippen LogP contribution in [-0.4, -0.2) is 47.0 Å². The third-order valence-electron chi connectivity index (χ3n) is 3.40. The molecule has 0 radical (unpaired) electrons. The molecule has 0 unspecified atom stereocenters. The summed E-state index contributed by atoms with van der Waals surface area (Å²) in [6.07, 6.45) is 3.53. The fourth-order valence-corrected chi connectivity index (χ4v) is 2.25. The van der Waals surface area contributed by atoms with E-state index in [1.807, 2.05) is 50.5 Å². The molecule has 0 saturated heterocycles. The van der Waals surface area contributed by atoms with Crippen LogP contribution in [0.4, 0.5) is 17.5 Å². The predicted octanol–water partition coefficient (Wildman–Crippen LogP) is 2.74. The summed E-state index contributed by atoms with van der Waals surface area (Å²) in [5.74, 6) is 1.36. The number of hydrogen-bond donors (Lipinski definition) is 2. The van der Waals surface area contributed by atoms with Crippen LogP contribution >= 0.6 is 0 Å². The van der Waals surface area contributed by atoms with Crippen molar-refractivity contribution in [1.82, 2.24) is 19.9 Å². The lowest BCUT2D eigenvalue weighted by Crippen LogP contribution is -2.21. The van der Waals surface area contributed by atoms with Crippen molar-refractivity contribution in [3.63, 3.8) is 0 Å². The molecule has 2 heterocycles. The van der Waals surface area contributed by atoms with Crippen LogP contribution in [-0.2, 0) is 0 Å². The van der Waals surface area contributed by atoms with Gasteiger partial charge in [0, 0.05) is 30.9 Å². The van der Waals surface area contributed by atoms with Crippen molar-refractivity contribution in [2.75, 3.05) is 37.8 Å². The van der Waals surface area contributed by atoms with Crippen LogP contribution in [0.1, 0.15) is 0 Å². The number of hydrogen-bond acceptors (Lipinski definition) is 6. The molecule has 0 spiro atoms. The predicted molar refractivity (Wildman–Crippen MR) is 94.1 cm³/mol. The van der Waals surface area contributed by atoms with Crippen molar-refractivity contribution in [2.24, 2.45) is 0 Å². The summed E-state index contributed by atoms with van der Waals surface area (Å²) in [5.41, 5.74) is 1.80. The second-order valence-electron chi connectivity index (χ2n) is 5.50. The second-order valence-corrected chi connectivity index (χ2v) is 5.50. The van der Waals surface area contributed by atoms with E-state index in [0.29, 0.717) is 5.95 Å². The summed E-state index contributed by atoms with van der Waals surface area (Å²) >= 11 is 0. The Kier molecular flexibility index (Phi) is 4.63. The number of benzene rings is 1. The lowest BCUT2D eigenvalue weighted by atomic mass is 10.2. The zero-order valence-corrected chi connectivity index (χ0v) is 13.3. The fraction of sp³-hybridized carbons (Fsp3) is 0.235. The van der Waals surface area contributed by atoms with Crippen molar-refractivity contribution in [3.8, 4) is 0 Å². The smallest absolute Gasteiger partial charge is 0.229 e.